The average Bonchev–Trinajstić information content (AvgIpc) is 2.14. The van der Waals surface area contributed by atoms with Gasteiger partial charge < -0.3 is 15.7 Å². The summed E-state index contributed by atoms with van der Waals surface area (Å²) < 4.78 is 0. The molecule has 0 aromatic heterocycles. The number of nitrogens with one attached hydrogen (secondary N) is 2. The molecule has 1 rings (SSSR count). The number of rotatable bonds is 7. The molecule has 3 N–H and O–H groups in total. The SMILES string of the molecule is CNCCCC(=O)NC1(CC(=O)O)CCC1. The molecule has 0 atom stereocenters. The standard InChI is InChI=1S/C11H20N2O3/c1-12-7-2-4-9(14)13-11(5-3-6-11)8-10(15)16/h12H,2-8H2,1H3,(H,13,14)(H,15,16). The van der Waals surface area contributed by atoms with Gasteiger partial charge in [0.25, 0.3) is 0 Å². The first-order valence-corrected chi connectivity index (χ1v) is 5.75. The Labute approximate surface area is 95.6 Å². The molecular weight excluding hydrogens is 208 g/mol. The topological polar surface area (TPSA) is 78.4 Å². The Hall–Kier alpha value is -1.10. The lowest BCUT2D eigenvalue weighted by Gasteiger charge is -2.41. The van der Waals surface area contributed by atoms with Crippen LogP contribution < -0.4 is 10.6 Å². The average molecular weight is 228 g/mol. The third kappa shape index (κ3) is 3.81. The number of carboxylic acids is 1. The van der Waals surface area contributed by atoms with Crippen molar-refractivity contribution in [3.63, 3.8) is 0 Å². The molecule has 1 aliphatic rings. The van der Waals surface area contributed by atoms with Gasteiger partial charge in [-0.05, 0) is 39.3 Å². The number of carboxylic acid groups (broad SMARTS) is 1. The third-order valence-electron chi connectivity index (χ3n) is 3.04. The summed E-state index contributed by atoms with van der Waals surface area (Å²) in [5, 5.41) is 14.6. The van der Waals surface area contributed by atoms with Crippen molar-refractivity contribution in [2.75, 3.05) is 13.6 Å². The van der Waals surface area contributed by atoms with E-state index < -0.39 is 11.5 Å². The van der Waals surface area contributed by atoms with Crippen LogP contribution in [0, 0.1) is 0 Å². The van der Waals surface area contributed by atoms with Crippen LogP contribution in [0.15, 0.2) is 0 Å². The molecule has 0 aromatic carbocycles. The predicted octanol–water partition coefficient (Wildman–Crippen LogP) is 0.500. The van der Waals surface area contributed by atoms with Crippen molar-refractivity contribution in [3.05, 3.63) is 0 Å². The van der Waals surface area contributed by atoms with Crippen molar-refractivity contribution >= 4 is 11.9 Å². The summed E-state index contributed by atoms with van der Waals surface area (Å²) in [7, 11) is 1.84. The smallest absolute Gasteiger partial charge is 0.305 e. The lowest BCUT2D eigenvalue weighted by molar-refractivity contribution is -0.140. The van der Waals surface area contributed by atoms with Gasteiger partial charge in [-0.25, -0.2) is 0 Å². The van der Waals surface area contributed by atoms with Crippen LogP contribution in [-0.2, 0) is 9.59 Å². The highest BCUT2D eigenvalue weighted by Crippen LogP contribution is 2.34. The largest absolute Gasteiger partial charge is 0.481 e. The van der Waals surface area contributed by atoms with E-state index in [2.05, 4.69) is 10.6 Å². The van der Waals surface area contributed by atoms with Crippen molar-refractivity contribution in [1.82, 2.24) is 10.6 Å². The molecule has 1 aliphatic carbocycles. The summed E-state index contributed by atoms with van der Waals surface area (Å²) in [6.07, 6.45) is 3.87. The molecule has 0 aromatic rings. The molecule has 92 valence electrons. The number of aliphatic carboxylic acids is 1. The molecule has 0 bridgehead atoms. The molecule has 1 fully saturated rings. The fourth-order valence-electron chi connectivity index (χ4n) is 2.02. The normalized spacial score (nSPS) is 17.6. The summed E-state index contributed by atoms with van der Waals surface area (Å²) >= 11 is 0. The van der Waals surface area contributed by atoms with Crippen molar-refractivity contribution in [3.8, 4) is 0 Å². The molecule has 16 heavy (non-hydrogen) atoms. The van der Waals surface area contributed by atoms with Gasteiger partial charge in [0.15, 0.2) is 0 Å². The summed E-state index contributed by atoms with van der Waals surface area (Å²) in [6, 6.07) is 0. The van der Waals surface area contributed by atoms with Crippen molar-refractivity contribution < 1.29 is 14.7 Å². The van der Waals surface area contributed by atoms with E-state index in [0.717, 1.165) is 32.2 Å². The quantitative estimate of drug-likeness (QED) is 0.554. The lowest BCUT2D eigenvalue weighted by Crippen LogP contribution is -2.54. The van der Waals surface area contributed by atoms with Crippen LogP contribution in [0.1, 0.15) is 38.5 Å². The molecule has 0 unspecified atom stereocenters. The second kappa shape index (κ2) is 5.84. The van der Waals surface area contributed by atoms with Gasteiger partial charge in [0.05, 0.1) is 12.0 Å². The van der Waals surface area contributed by atoms with E-state index in [9.17, 15) is 9.59 Å². The molecule has 0 spiro atoms. The van der Waals surface area contributed by atoms with Gasteiger partial charge >= 0.3 is 5.97 Å². The van der Waals surface area contributed by atoms with Crippen LogP contribution in [-0.4, -0.2) is 36.1 Å². The van der Waals surface area contributed by atoms with E-state index in [1.807, 2.05) is 7.05 Å². The highest BCUT2D eigenvalue weighted by molar-refractivity contribution is 5.78. The molecule has 1 saturated carbocycles. The van der Waals surface area contributed by atoms with Crippen molar-refractivity contribution in [2.45, 2.75) is 44.1 Å². The molecule has 5 heteroatoms. The number of carbonyl (C=O) groups is 2. The fourth-order valence-corrected chi connectivity index (χ4v) is 2.02. The maximum Gasteiger partial charge on any atom is 0.305 e. The minimum absolute atomic E-state index is 0.0313. The number of amides is 1. The van der Waals surface area contributed by atoms with E-state index in [4.69, 9.17) is 5.11 Å². The van der Waals surface area contributed by atoms with E-state index in [0.29, 0.717) is 6.42 Å². The molecule has 5 nitrogen and oxygen atoms in total. The second-order valence-electron chi connectivity index (χ2n) is 4.46. The second-order valence-corrected chi connectivity index (χ2v) is 4.46. The van der Waals surface area contributed by atoms with Crippen molar-refractivity contribution in [1.29, 1.82) is 0 Å². The van der Waals surface area contributed by atoms with Crippen LogP contribution in [0.5, 0.6) is 0 Å². The Bertz CT molecular complexity index is 262. The Morgan fingerprint density at radius 3 is 2.50 bits per heavy atom. The summed E-state index contributed by atoms with van der Waals surface area (Å²) in [5.41, 5.74) is -0.456. The molecule has 0 heterocycles. The van der Waals surface area contributed by atoms with E-state index in [1.165, 1.54) is 0 Å². The van der Waals surface area contributed by atoms with Crippen molar-refractivity contribution in [2.24, 2.45) is 0 Å². The van der Waals surface area contributed by atoms with E-state index in [1.54, 1.807) is 0 Å². The molecule has 0 radical (unpaired) electrons. The zero-order chi connectivity index (χ0) is 12.0. The predicted molar refractivity (Wildman–Crippen MR) is 60.1 cm³/mol. The minimum atomic E-state index is -0.838. The zero-order valence-electron chi connectivity index (χ0n) is 9.71. The first kappa shape index (κ1) is 13.0. The van der Waals surface area contributed by atoms with Gasteiger partial charge in [-0.3, -0.25) is 9.59 Å². The van der Waals surface area contributed by atoms with Crippen LogP contribution in [0.25, 0.3) is 0 Å². The molecule has 0 aliphatic heterocycles. The first-order chi connectivity index (χ1) is 7.58. The van der Waals surface area contributed by atoms with Gasteiger partial charge in [0.1, 0.15) is 0 Å². The van der Waals surface area contributed by atoms with Crippen LogP contribution >= 0.6 is 0 Å². The Kier molecular flexibility index (Phi) is 4.73. The number of hydrogen-bond acceptors (Lipinski definition) is 3. The molecular formula is C11H20N2O3. The maximum atomic E-state index is 11.6. The highest BCUT2D eigenvalue weighted by atomic mass is 16.4. The number of carbonyl (C=O) groups excluding carboxylic acids is 1. The molecule has 1 amide bonds. The van der Waals surface area contributed by atoms with Gasteiger partial charge in [-0.2, -0.15) is 0 Å². The minimum Gasteiger partial charge on any atom is -0.481 e. The Balaban J connectivity index is 2.32. The zero-order valence-corrected chi connectivity index (χ0v) is 9.71. The number of hydrogen-bond donors (Lipinski definition) is 3. The fraction of sp³-hybridized carbons (Fsp3) is 0.818. The Morgan fingerprint density at radius 1 is 1.38 bits per heavy atom. The lowest BCUT2D eigenvalue weighted by atomic mass is 9.74. The Morgan fingerprint density at radius 2 is 2.06 bits per heavy atom. The van der Waals surface area contributed by atoms with Crippen LogP contribution in [0.4, 0.5) is 0 Å². The van der Waals surface area contributed by atoms with Gasteiger partial charge in [-0.1, -0.05) is 0 Å². The van der Waals surface area contributed by atoms with Crippen LogP contribution in [0.2, 0.25) is 0 Å². The maximum absolute atomic E-state index is 11.6. The van der Waals surface area contributed by atoms with Gasteiger partial charge in [0.2, 0.25) is 5.91 Å². The summed E-state index contributed by atoms with van der Waals surface area (Å²) in [4.78, 5) is 22.3. The monoisotopic (exact) mass is 228 g/mol. The first-order valence-electron chi connectivity index (χ1n) is 5.75. The summed E-state index contributed by atoms with van der Waals surface area (Å²) in [6.45, 7) is 0.805. The molecule has 0 saturated heterocycles. The van der Waals surface area contributed by atoms with E-state index in [-0.39, 0.29) is 12.3 Å². The van der Waals surface area contributed by atoms with Gasteiger partial charge in [0, 0.05) is 6.42 Å². The third-order valence-corrected chi connectivity index (χ3v) is 3.04. The summed E-state index contributed by atoms with van der Waals surface area (Å²) in [5.74, 6) is -0.869. The van der Waals surface area contributed by atoms with E-state index >= 15 is 0 Å². The highest BCUT2D eigenvalue weighted by Gasteiger charge is 2.39. The van der Waals surface area contributed by atoms with Gasteiger partial charge in [-0.15, -0.1) is 0 Å². The van der Waals surface area contributed by atoms with Crippen LogP contribution in [0.3, 0.4) is 0 Å².